The lowest BCUT2D eigenvalue weighted by molar-refractivity contribution is -0.144. The highest BCUT2D eigenvalue weighted by atomic mass is 16.4. The molecule has 0 aliphatic carbocycles. The lowest BCUT2D eigenvalue weighted by atomic mass is 10.1. The number of primary amides is 2. The van der Waals surface area contributed by atoms with Gasteiger partial charge in [-0.15, -0.1) is 0 Å². The zero-order chi connectivity index (χ0) is 55.7. The van der Waals surface area contributed by atoms with E-state index in [1.807, 2.05) is 0 Å². The summed E-state index contributed by atoms with van der Waals surface area (Å²) in [7, 11) is 0. The van der Waals surface area contributed by atoms with E-state index in [1.54, 1.807) is 6.20 Å². The summed E-state index contributed by atoms with van der Waals surface area (Å²) in [5.41, 5.74) is 21.0. The van der Waals surface area contributed by atoms with Crippen molar-refractivity contribution in [3.8, 4) is 0 Å². The lowest BCUT2D eigenvalue weighted by Crippen LogP contribution is -2.61. The van der Waals surface area contributed by atoms with E-state index in [2.05, 4.69) is 68.1 Å². The Kier molecular flexibility index (Phi) is 26.3. The first-order valence-corrected chi connectivity index (χ1v) is 22.4. The van der Waals surface area contributed by atoms with Gasteiger partial charge in [0.1, 0.15) is 36.3 Å². The van der Waals surface area contributed by atoms with Crippen molar-refractivity contribution in [1.82, 2.24) is 63.1 Å². The number of nitrogens with one attached hydrogen (secondary N) is 11. The highest BCUT2D eigenvalue weighted by molar-refractivity contribution is 5.93. The van der Waals surface area contributed by atoms with Crippen LogP contribution < -0.4 is 76.1 Å². The van der Waals surface area contributed by atoms with Crippen molar-refractivity contribution in [2.45, 2.75) is 98.9 Å². The number of imidazole rings is 1. The van der Waals surface area contributed by atoms with Crippen molar-refractivity contribution >= 4 is 77.2 Å². The fraction of sp³-hybridized carbons (Fsp3) is 0.590. The van der Waals surface area contributed by atoms with Crippen LogP contribution in [0.2, 0.25) is 0 Å². The third-order valence-electron chi connectivity index (χ3n) is 10.7. The van der Waals surface area contributed by atoms with Crippen molar-refractivity contribution in [3.05, 3.63) is 18.2 Å². The summed E-state index contributed by atoms with van der Waals surface area (Å²) in [4.78, 5) is 141. The SMILES string of the molecule is NC(=O)CC1NCC(C(=O)O)NC1=O.NC(=O)CCC1NCC(C(=O)O)NC1=O.NC(N)=NCCCC1NCC(C(=O)O)NC1=O.O=C(O)C1CNC(CO)C(=O)N1.O=C(O)C1CNC(Cc2cnc[nH]2)C(=O)N1. The number of H-pyrrole nitrogens is 1. The first kappa shape index (κ1) is 62.0. The fourth-order valence-corrected chi connectivity index (χ4v) is 6.68. The molecule has 0 aromatic carbocycles. The highest BCUT2D eigenvalue weighted by Gasteiger charge is 2.35. The van der Waals surface area contributed by atoms with Gasteiger partial charge < -0.3 is 112 Å². The lowest BCUT2D eigenvalue weighted by Gasteiger charge is -2.27. The molecule has 7 amide bonds. The maximum Gasteiger partial charge on any atom is 0.327 e. The number of aliphatic carboxylic acids is 5. The van der Waals surface area contributed by atoms with Gasteiger partial charge in [-0.05, 0) is 19.3 Å². The van der Waals surface area contributed by atoms with Crippen LogP contribution in [0.15, 0.2) is 17.5 Å². The molecule has 0 spiro atoms. The number of aliphatic hydroxyl groups excluding tert-OH is 1. The molecule has 35 heteroatoms. The molecule has 74 heavy (non-hydrogen) atoms. The minimum absolute atomic E-state index is 0.0250. The Balaban J connectivity index is 0.000000318. The standard InChI is InChI=1S/C9H17N5O3.C9H12N4O3.C8H13N3O4.C7H11N3O4.C6H10N2O4/c10-9(11)12-3-1-2-5-7(15)14-6(4-13-5)8(16)17;14-8-6(1-5-2-10-4-12-5)11-3-7(13-8)9(15)16;9-6(12)2-1-4-7(13)11-5(3-10-4)8(14)15;8-5(11)1-3-6(12)10-4(2-9-3)7(13)14;9-2-4-5(10)8-3(1-7-4)6(11)12/h5-6,13H,1-4H2,(H,14,15)(H,16,17)(H4,10,11,12);2,4,6-7,11H,1,3H2,(H,10,12)(H,13,14)(H,15,16);4-5,10H,1-3H2,(H2,9,12)(H,11,13)(H,14,15);3-4,9H,1-2H2,(H2,8,11)(H,10,12)(H,13,14);3-4,7,9H,1-2H2,(H,8,10)(H,11,12). The molecule has 1 aromatic rings. The summed E-state index contributed by atoms with van der Waals surface area (Å²) < 4.78 is 0. The Morgan fingerprint density at radius 1 is 0.527 bits per heavy atom. The molecule has 0 saturated carbocycles. The van der Waals surface area contributed by atoms with Gasteiger partial charge in [0.05, 0.1) is 43.5 Å². The predicted octanol–water partition coefficient (Wildman–Crippen LogP) is -11.2. The van der Waals surface area contributed by atoms with E-state index in [4.69, 9.17) is 53.6 Å². The average Bonchev–Trinajstić information content (AvgIpc) is 3.85. The Bertz CT molecular complexity index is 2180. The van der Waals surface area contributed by atoms with Crippen molar-refractivity contribution in [3.63, 3.8) is 0 Å². The second kappa shape index (κ2) is 31.4. The molecule has 412 valence electrons. The van der Waals surface area contributed by atoms with E-state index in [0.29, 0.717) is 25.8 Å². The number of amides is 7. The number of nitrogens with two attached hydrogens (primary N) is 4. The second-order valence-electron chi connectivity index (χ2n) is 16.4. The van der Waals surface area contributed by atoms with E-state index < -0.39 is 114 Å². The molecular formula is C39H63N17O18. The van der Waals surface area contributed by atoms with Crippen molar-refractivity contribution < 1.29 is 88.2 Å². The maximum absolute atomic E-state index is 11.6. The molecule has 6 heterocycles. The van der Waals surface area contributed by atoms with Gasteiger partial charge in [-0.1, -0.05) is 0 Å². The van der Waals surface area contributed by atoms with E-state index >= 15 is 0 Å². The maximum atomic E-state index is 11.6. The minimum Gasteiger partial charge on any atom is -0.480 e. The van der Waals surface area contributed by atoms with Crippen LogP contribution in [-0.2, 0) is 64.0 Å². The van der Waals surface area contributed by atoms with Crippen LogP contribution >= 0.6 is 0 Å². The number of nitrogens with zero attached hydrogens (tertiary/aromatic N) is 2. The van der Waals surface area contributed by atoms with Crippen LogP contribution in [0.5, 0.6) is 0 Å². The number of carbonyl (C=O) groups is 12. The first-order chi connectivity index (χ1) is 34.8. The topological polar surface area (TPSA) is 592 Å². The minimum atomic E-state index is -1.11. The zero-order valence-electron chi connectivity index (χ0n) is 39.4. The molecule has 35 nitrogen and oxygen atoms in total. The van der Waals surface area contributed by atoms with Gasteiger partial charge in [-0.3, -0.25) is 38.6 Å². The normalized spacial score (nSPS) is 26.0. The number of carboxylic acid groups (broad SMARTS) is 5. The Hall–Kier alpha value is -8.12. The number of rotatable bonds is 17. The molecule has 5 saturated heterocycles. The average molecular weight is 1060 g/mol. The Labute approximate surface area is 418 Å². The van der Waals surface area contributed by atoms with E-state index in [-0.39, 0.29) is 82.4 Å². The largest absolute Gasteiger partial charge is 0.480 e. The molecule has 5 fully saturated rings. The van der Waals surface area contributed by atoms with Crippen LogP contribution in [0.3, 0.4) is 0 Å². The molecule has 10 unspecified atom stereocenters. The number of carbonyl (C=O) groups excluding carboxylic acids is 7. The molecular weight excluding hydrogens is 995 g/mol. The van der Waals surface area contributed by atoms with Crippen LogP contribution in [0.25, 0.3) is 0 Å². The van der Waals surface area contributed by atoms with Gasteiger partial charge in [-0.25, -0.2) is 29.0 Å². The summed E-state index contributed by atoms with van der Waals surface area (Å²) in [6.45, 7) is 0.998. The number of carboxylic acids is 5. The van der Waals surface area contributed by atoms with Crippen LogP contribution in [0.1, 0.15) is 37.8 Å². The monoisotopic (exact) mass is 1060 g/mol. The number of aliphatic hydroxyl groups is 1. The number of aromatic nitrogens is 2. The van der Waals surface area contributed by atoms with E-state index in [0.717, 1.165) is 5.69 Å². The molecule has 6 rings (SSSR count). The number of aromatic amines is 1. The third-order valence-corrected chi connectivity index (χ3v) is 10.7. The second-order valence-corrected chi connectivity index (χ2v) is 16.4. The van der Waals surface area contributed by atoms with E-state index in [9.17, 15) is 57.5 Å². The molecule has 0 radical (unpaired) electrons. The molecule has 10 atom stereocenters. The summed E-state index contributed by atoms with van der Waals surface area (Å²) in [5.74, 6) is -8.38. The zero-order valence-corrected chi connectivity index (χ0v) is 39.4. The van der Waals surface area contributed by atoms with Crippen molar-refractivity contribution in [2.75, 3.05) is 45.9 Å². The van der Waals surface area contributed by atoms with Gasteiger partial charge in [0.15, 0.2) is 5.96 Å². The highest BCUT2D eigenvalue weighted by Crippen LogP contribution is 2.06. The quantitative estimate of drug-likeness (QED) is 0.0391. The number of guanidine groups is 1. The number of hydrogen-bond donors (Lipinski definition) is 21. The van der Waals surface area contributed by atoms with Crippen molar-refractivity contribution in [2.24, 2.45) is 27.9 Å². The Morgan fingerprint density at radius 2 is 0.892 bits per heavy atom. The van der Waals surface area contributed by atoms with E-state index in [1.165, 1.54) is 6.33 Å². The summed E-state index contributed by atoms with van der Waals surface area (Å²) in [6, 6.07) is -7.14. The summed E-state index contributed by atoms with van der Waals surface area (Å²) >= 11 is 0. The predicted molar refractivity (Wildman–Crippen MR) is 248 cm³/mol. The van der Waals surface area contributed by atoms with Gasteiger partial charge in [-0.2, -0.15) is 0 Å². The molecule has 5 aliphatic heterocycles. The number of piperazine rings is 5. The van der Waals surface area contributed by atoms with Gasteiger partial charge in [0, 0.05) is 64.0 Å². The number of aliphatic imine (C=N–C) groups is 1. The molecule has 25 N–H and O–H groups in total. The van der Waals surface area contributed by atoms with Crippen molar-refractivity contribution in [1.29, 1.82) is 0 Å². The van der Waals surface area contributed by atoms with Gasteiger partial charge in [0.2, 0.25) is 41.4 Å². The van der Waals surface area contributed by atoms with Crippen LogP contribution in [0.4, 0.5) is 0 Å². The van der Waals surface area contributed by atoms with Crippen LogP contribution in [-0.4, -0.2) is 224 Å². The molecule has 0 bridgehead atoms. The molecule has 5 aliphatic rings. The smallest absolute Gasteiger partial charge is 0.327 e. The van der Waals surface area contributed by atoms with Crippen LogP contribution in [0, 0.1) is 0 Å². The first-order valence-electron chi connectivity index (χ1n) is 22.4. The fourth-order valence-electron chi connectivity index (χ4n) is 6.68. The summed E-state index contributed by atoms with van der Waals surface area (Å²) in [6.07, 6.45) is 5.12. The Morgan fingerprint density at radius 3 is 1.20 bits per heavy atom. The summed E-state index contributed by atoms with van der Waals surface area (Å²) in [5, 5.41) is 77.3. The third kappa shape index (κ3) is 22.5. The van der Waals surface area contributed by atoms with Gasteiger partial charge >= 0.3 is 29.8 Å². The number of hydrogen-bond acceptors (Lipinski definition) is 20. The van der Waals surface area contributed by atoms with Gasteiger partial charge in [0.25, 0.3) is 0 Å². The molecule has 1 aromatic heterocycles.